The summed E-state index contributed by atoms with van der Waals surface area (Å²) in [6.45, 7) is 2.51. The van der Waals surface area contributed by atoms with Gasteiger partial charge in [-0.05, 0) is 66.9 Å². The van der Waals surface area contributed by atoms with Crippen molar-refractivity contribution in [3.63, 3.8) is 0 Å². The minimum Gasteiger partial charge on any atom is -0.465 e. The molecule has 5 heterocycles. The first kappa shape index (κ1) is 26.0. The van der Waals surface area contributed by atoms with Gasteiger partial charge in [-0.2, -0.15) is 4.39 Å². The van der Waals surface area contributed by atoms with E-state index in [1.165, 1.54) is 28.5 Å². The summed E-state index contributed by atoms with van der Waals surface area (Å²) in [7, 11) is 0. The molecule has 0 bridgehead atoms. The standard InChI is InChI=1S/C28H28FN7O3S/c29-25-13-18(9-10-31-25)16-34-11-1-4-24(34)26(37)33-27-32-22(17-40-27)23-3-2-12-35(23)19-5-7-20(8-6-19)36(28(38)39)21-14-30-15-21/h1,4-11,13,17,21,23,30H,2-3,12,14-16H2,(H,38,39)(H,32,33,37)/t23-/m1/s1. The fraction of sp³-hybridized carbons (Fsp3) is 0.286. The maximum atomic E-state index is 13.5. The molecular formula is C28H28FN7O3S. The van der Waals surface area contributed by atoms with E-state index in [1.54, 1.807) is 29.0 Å². The van der Waals surface area contributed by atoms with Crippen LogP contribution in [0.2, 0.25) is 0 Å². The number of carboxylic acid groups (broad SMARTS) is 1. The molecular weight excluding hydrogens is 533 g/mol. The molecule has 0 aliphatic carbocycles. The number of nitrogens with zero attached hydrogens (tertiary/aromatic N) is 5. The Labute approximate surface area is 234 Å². The Hall–Kier alpha value is -4.29. The van der Waals surface area contributed by atoms with Crippen LogP contribution in [0.5, 0.6) is 0 Å². The third-order valence-electron chi connectivity index (χ3n) is 7.33. The fourth-order valence-corrected chi connectivity index (χ4v) is 6.03. The minimum absolute atomic E-state index is 0.0481. The topological polar surface area (TPSA) is 116 Å². The van der Waals surface area contributed by atoms with Crippen LogP contribution in [0.3, 0.4) is 0 Å². The van der Waals surface area contributed by atoms with Crippen LogP contribution in [0.1, 0.15) is 40.6 Å². The van der Waals surface area contributed by atoms with Gasteiger partial charge in [-0.25, -0.2) is 14.8 Å². The summed E-state index contributed by atoms with van der Waals surface area (Å²) in [5, 5.41) is 18.2. The van der Waals surface area contributed by atoms with E-state index in [2.05, 4.69) is 20.5 Å². The number of carbonyl (C=O) groups is 2. The first-order chi connectivity index (χ1) is 19.5. The number of thiazole rings is 1. The minimum atomic E-state index is -0.950. The molecule has 0 spiro atoms. The molecule has 40 heavy (non-hydrogen) atoms. The molecule has 2 saturated heterocycles. The number of hydrogen-bond donors (Lipinski definition) is 3. The smallest absolute Gasteiger partial charge is 0.412 e. The zero-order valence-electron chi connectivity index (χ0n) is 21.5. The van der Waals surface area contributed by atoms with Crippen LogP contribution in [0.15, 0.2) is 66.3 Å². The Balaban J connectivity index is 1.13. The first-order valence-electron chi connectivity index (χ1n) is 13.1. The number of carbonyl (C=O) groups excluding carboxylic acids is 1. The molecule has 3 N–H and O–H groups in total. The number of halogens is 1. The van der Waals surface area contributed by atoms with Crippen molar-refractivity contribution in [2.45, 2.75) is 31.5 Å². The second-order valence-electron chi connectivity index (χ2n) is 9.87. The lowest BCUT2D eigenvalue weighted by atomic mass is 10.1. The van der Waals surface area contributed by atoms with Crippen molar-refractivity contribution in [2.24, 2.45) is 0 Å². The highest BCUT2D eigenvalue weighted by atomic mass is 32.1. The third-order valence-corrected chi connectivity index (χ3v) is 8.11. The number of rotatable bonds is 8. The summed E-state index contributed by atoms with van der Waals surface area (Å²) in [5.41, 5.74) is 3.71. The number of aromatic nitrogens is 3. The van der Waals surface area contributed by atoms with Gasteiger partial charge in [-0.15, -0.1) is 11.3 Å². The molecule has 206 valence electrons. The largest absolute Gasteiger partial charge is 0.465 e. The number of benzene rings is 1. The van der Waals surface area contributed by atoms with E-state index in [4.69, 9.17) is 4.98 Å². The average molecular weight is 562 g/mol. The van der Waals surface area contributed by atoms with Crippen LogP contribution in [-0.2, 0) is 6.54 Å². The molecule has 3 aromatic heterocycles. The molecule has 2 aliphatic heterocycles. The number of amides is 2. The second-order valence-corrected chi connectivity index (χ2v) is 10.7. The highest BCUT2D eigenvalue weighted by molar-refractivity contribution is 7.14. The van der Waals surface area contributed by atoms with Gasteiger partial charge in [0.05, 0.1) is 17.8 Å². The van der Waals surface area contributed by atoms with Crippen LogP contribution in [0.25, 0.3) is 0 Å². The fourth-order valence-electron chi connectivity index (χ4n) is 5.27. The monoisotopic (exact) mass is 561 g/mol. The molecule has 2 aliphatic rings. The Kier molecular flexibility index (Phi) is 7.18. The maximum absolute atomic E-state index is 13.5. The lowest BCUT2D eigenvalue weighted by Gasteiger charge is -2.36. The quantitative estimate of drug-likeness (QED) is 0.270. The number of hydrogen-bond acceptors (Lipinski definition) is 7. The lowest BCUT2D eigenvalue weighted by molar-refractivity contribution is 0.101. The van der Waals surface area contributed by atoms with Crippen molar-refractivity contribution in [3.05, 3.63) is 89.2 Å². The number of nitrogens with one attached hydrogen (secondary N) is 2. The van der Waals surface area contributed by atoms with E-state index < -0.39 is 12.0 Å². The van der Waals surface area contributed by atoms with Gasteiger partial charge in [0, 0.05) is 55.3 Å². The van der Waals surface area contributed by atoms with Gasteiger partial charge >= 0.3 is 6.09 Å². The average Bonchev–Trinajstić information content (AvgIpc) is 3.67. The van der Waals surface area contributed by atoms with Gasteiger partial charge < -0.3 is 19.9 Å². The Morgan fingerprint density at radius 3 is 2.75 bits per heavy atom. The molecule has 6 rings (SSSR count). The SMILES string of the molecule is O=C(Nc1nc([C@H]2CCCN2c2ccc(N(C(=O)O)C3CNC3)cc2)cs1)c1cccn1Cc1ccnc(F)c1. The highest BCUT2D eigenvalue weighted by Crippen LogP contribution is 2.38. The normalized spacial score (nSPS) is 17.0. The Morgan fingerprint density at radius 1 is 1.20 bits per heavy atom. The molecule has 1 aromatic carbocycles. The van der Waals surface area contributed by atoms with Gasteiger partial charge in [0.2, 0.25) is 5.95 Å². The zero-order chi connectivity index (χ0) is 27.6. The van der Waals surface area contributed by atoms with Crippen LogP contribution in [0, 0.1) is 5.95 Å². The molecule has 1 atom stereocenters. The van der Waals surface area contributed by atoms with Crippen LogP contribution < -0.4 is 20.4 Å². The molecule has 4 aromatic rings. The van der Waals surface area contributed by atoms with E-state index in [9.17, 15) is 19.1 Å². The predicted molar refractivity (Wildman–Crippen MR) is 151 cm³/mol. The lowest BCUT2D eigenvalue weighted by Crippen LogP contribution is -2.59. The van der Waals surface area contributed by atoms with Crippen molar-refractivity contribution in [1.29, 1.82) is 0 Å². The van der Waals surface area contributed by atoms with Gasteiger partial charge in [-0.1, -0.05) is 0 Å². The third kappa shape index (κ3) is 5.27. The summed E-state index contributed by atoms with van der Waals surface area (Å²) in [6.07, 6.45) is 4.17. The molecule has 0 unspecified atom stereocenters. The Morgan fingerprint density at radius 2 is 2.02 bits per heavy atom. The van der Waals surface area contributed by atoms with Crippen LogP contribution >= 0.6 is 11.3 Å². The van der Waals surface area contributed by atoms with Crippen molar-refractivity contribution in [1.82, 2.24) is 19.9 Å². The summed E-state index contributed by atoms with van der Waals surface area (Å²) in [6, 6.07) is 14.2. The van der Waals surface area contributed by atoms with E-state index in [0.29, 0.717) is 41.7 Å². The van der Waals surface area contributed by atoms with Crippen molar-refractivity contribution in [2.75, 3.05) is 34.8 Å². The van der Waals surface area contributed by atoms with Crippen molar-refractivity contribution >= 4 is 39.8 Å². The molecule has 10 nitrogen and oxygen atoms in total. The van der Waals surface area contributed by atoms with E-state index in [1.807, 2.05) is 29.6 Å². The first-order valence-corrected chi connectivity index (χ1v) is 14.0. The van der Waals surface area contributed by atoms with Crippen molar-refractivity contribution in [3.8, 4) is 0 Å². The summed E-state index contributed by atoms with van der Waals surface area (Å²) >= 11 is 1.38. The molecule has 12 heteroatoms. The molecule has 0 radical (unpaired) electrons. The van der Waals surface area contributed by atoms with Crippen LogP contribution in [-0.4, -0.2) is 57.3 Å². The molecule has 0 saturated carbocycles. The van der Waals surface area contributed by atoms with E-state index >= 15 is 0 Å². The van der Waals surface area contributed by atoms with Gasteiger partial charge in [0.15, 0.2) is 5.13 Å². The summed E-state index contributed by atoms with van der Waals surface area (Å²) in [5.74, 6) is -0.847. The van der Waals surface area contributed by atoms with Gasteiger partial charge in [-0.3, -0.25) is 15.0 Å². The highest BCUT2D eigenvalue weighted by Gasteiger charge is 2.31. The predicted octanol–water partition coefficient (Wildman–Crippen LogP) is 4.58. The van der Waals surface area contributed by atoms with Gasteiger partial charge in [0.25, 0.3) is 5.91 Å². The zero-order valence-corrected chi connectivity index (χ0v) is 22.4. The van der Waals surface area contributed by atoms with E-state index in [-0.39, 0.29) is 18.0 Å². The number of anilines is 3. The molecule has 2 fully saturated rings. The Bertz CT molecular complexity index is 1520. The maximum Gasteiger partial charge on any atom is 0.412 e. The van der Waals surface area contributed by atoms with Crippen molar-refractivity contribution < 1.29 is 19.1 Å². The number of pyridine rings is 1. The second kappa shape index (κ2) is 11.1. The van der Waals surface area contributed by atoms with Crippen LogP contribution in [0.4, 0.5) is 25.7 Å². The molecule has 2 amide bonds. The summed E-state index contributed by atoms with van der Waals surface area (Å²) in [4.78, 5) is 36.9. The van der Waals surface area contributed by atoms with E-state index in [0.717, 1.165) is 30.8 Å². The summed E-state index contributed by atoms with van der Waals surface area (Å²) < 4.78 is 15.3. The van der Waals surface area contributed by atoms with Gasteiger partial charge in [0.1, 0.15) is 5.69 Å².